The molecule has 3 rings (SSSR count). The van der Waals surface area contributed by atoms with Crippen LogP contribution in [0.25, 0.3) is 0 Å². The van der Waals surface area contributed by atoms with E-state index < -0.39 is 0 Å². The molecule has 1 fully saturated rings. The number of carbonyl (C=O) groups is 1. The van der Waals surface area contributed by atoms with E-state index in [1.54, 1.807) is 17.2 Å². The maximum Gasteiger partial charge on any atom is 0.357 e. The minimum absolute atomic E-state index is 0.280. The van der Waals surface area contributed by atoms with Gasteiger partial charge in [0.2, 0.25) is 0 Å². The zero-order chi connectivity index (χ0) is 14.5. The van der Waals surface area contributed by atoms with Crippen molar-refractivity contribution >= 4 is 5.97 Å². The van der Waals surface area contributed by atoms with Gasteiger partial charge in [-0.25, -0.2) is 4.79 Å². The lowest BCUT2D eigenvalue weighted by atomic mass is 9.91. The Morgan fingerprint density at radius 3 is 2.38 bits per heavy atom. The number of hydroxylamine groups is 2. The number of hydrogen-bond donors (Lipinski definition) is 0. The van der Waals surface area contributed by atoms with Crippen molar-refractivity contribution in [3.63, 3.8) is 0 Å². The highest BCUT2D eigenvalue weighted by molar-refractivity contribution is 5.89. The van der Waals surface area contributed by atoms with Crippen LogP contribution >= 0.6 is 0 Å². The van der Waals surface area contributed by atoms with Crippen molar-refractivity contribution in [1.29, 1.82) is 0 Å². The number of benzene rings is 1. The van der Waals surface area contributed by atoms with Gasteiger partial charge in [0.15, 0.2) is 0 Å². The molecule has 4 nitrogen and oxygen atoms in total. The number of hydrogen-bond acceptors (Lipinski definition) is 4. The van der Waals surface area contributed by atoms with E-state index in [0.29, 0.717) is 11.5 Å². The fourth-order valence-electron chi connectivity index (χ4n) is 2.66. The van der Waals surface area contributed by atoms with Crippen LogP contribution in [0.5, 0.6) is 0 Å². The van der Waals surface area contributed by atoms with E-state index in [9.17, 15) is 4.79 Å². The molecule has 1 aliphatic heterocycles. The fourth-order valence-corrected chi connectivity index (χ4v) is 2.66. The lowest BCUT2D eigenvalue weighted by Crippen LogP contribution is -2.35. The molecule has 108 valence electrons. The summed E-state index contributed by atoms with van der Waals surface area (Å²) < 4.78 is 0. The van der Waals surface area contributed by atoms with Gasteiger partial charge in [-0.2, -0.15) is 0 Å². The third kappa shape index (κ3) is 3.47. The van der Waals surface area contributed by atoms with Gasteiger partial charge in [0.05, 0.1) is 5.56 Å². The van der Waals surface area contributed by atoms with Gasteiger partial charge >= 0.3 is 5.97 Å². The summed E-state index contributed by atoms with van der Waals surface area (Å²) in [5, 5.41) is 1.77. The highest BCUT2D eigenvalue weighted by atomic mass is 16.7. The highest BCUT2D eigenvalue weighted by Crippen LogP contribution is 2.27. The molecular weight excluding hydrogens is 264 g/mol. The minimum atomic E-state index is -0.280. The van der Waals surface area contributed by atoms with Crippen LogP contribution in [0.15, 0.2) is 54.9 Å². The van der Waals surface area contributed by atoms with Gasteiger partial charge in [-0.15, -0.1) is 5.06 Å². The third-order valence-corrected chi connectivity index (χ3v) is 3.85. The second-order valence-corrected chi connectivity index (χ2v) is 5.23. The topological polar surface area (TPSA) is 42.4 Å². The van der Waals surface area contributed by atoms with E-state index in [1.807, 2.05) is 30.6 Å². The first-order chi connectivity index (χ1) is 10.3. The SMILES string of the molecule is O=C(ON1CCC(c2ccncc2)CC1)c1ccccc1. The first-order valence-corrected chi connectivity index (χ1v) is 7.25. The van der Waals surface area contributed by atoms with Crippen LogP contribution in [0.2, 0.25) is 0 Å². The van der Waals surface area contributed by atoms with Crippen LogP contribution in [-0.2, 0) is 4.84 Å². The Labute approximate surface area is 124 Å². The number of rotatable bonds is 3. The summed E-state index contributed by atoms with van der Waals surface area (Å²) in [5.41, 5.74) is 1.91. The average Bonchev–Trinajstić information content (AvgIpc) is 2.57. The summed E-state index contributed by atoms with van der Waals surface area (Å²) in [6.45, 7) is 1.54. The van der Waals surface area contributed by atoms with Crippen LogP contribution in [0.4, 0.5) is 0 Å². The van der Waals surface area contributed by atoms with E-state index in [4.69, 9.17) is 4.84 Å². The first-order valence-electron chi connectivity index (χ1n) is 7.25. The Morgan fingerprint density at radius 1 is 1.05 bits per heavy atom. The van der Waals surface area contributed by atoms with Crippen LogP contribution in [0.3, 0.4) is 0 Å². The lowest BCUT2D eigenvalue weighted by Gasteiger charge is -2.30. The molecule has 0 saturated carbocycles. The molecule has 2 heterocycles. The van der Waals surface area contributed by atoms with E-state index in [0.717, 1.165) is 25.9 Å². The van der Waals surface area contributed by atoms with Crippen molar-refractivity contribution in [3.05, 3.63) is 66.0 Å². The van der Waals surface area contributed by atoms with Crippen LogP contribution in [-0.4, -0.2) is 29.1 Å². The summed E-state index contributed by atoms with van der Waals surface area (Å²) in [6.07, 6.45) is 5.65. The molecule has 0 atom stereocenters. The number of aromatic nitrogens is 1. The standard InChI is InChI=1S/C17H18N2O2/c20-17(16-4-2-1-3-5-16)21-19-12-8-15(9-13-19)14-6-10-18-11-7-14/h1-7,10-11,15H,8-9,12-13H2. The Kier molecular flexibility index (Phi) is 4.26. The summed E-state index contributed by atoms with van der Waals surface area (Å²) in [5.74, 6) is 0.248. The molecule has 2 aromatic rings. The molecule has 21 heavy (non-hydrogen) atoms. The van der Waals surface area contributed by atoms with Crippen molar-refractivity contribution in [3.8, 4) is 0 Å². The van der Waals surface area contributed by atoms with Crippen molar-refractivity contribution in [2.24, 2.45) is 0 Å². The van der Waals surface area contributed by atoms with Gasteiger partial charge in [-0.1, -0.05) is 18.2 Å². The molecule has 0 aliphatic carbocycles. The molecule has 4 heteroatoms. The zero-order valence-electron chi connectivity index (χ0n) is 11.8. The molecule has 0 radical (unpaired) electrons. The Balaban J connectivity index is 1.53. The normalized spacial score (nSPS) is 16.6. The maximum absolute atomic E-state index is 12.0. The van der Waals surface area contributed by atoms with Crippen molar-refractivity contribution in [2.75, 3.05) is 13.1 Å². The van der Waals surface area contributed by atoms with Crippen LogP contribution < -0.4 is 0 Å². The Hall–Kier alpha value is -2.20. The van der Waals surface area contributed by atoms with Crippen LogP contribution in [0.1, 0.15) is 34.7 Å². The summed E-state index contributed by atoms with van der Waals surface area (Å²) in [6, 6.07) is 13.2. The molecule has 0 spiro atoms. The van der Waals surface area contributed by atoms with E-state index in [-0.39, 0.29) is 5.97 Å². The number of piperidine rings is 1. The van der Waals surface area contributed by atoms with Gasteiger partial charge < -0.3 is 4.84 Å². The van der Waals surface area contributed by atoms with Gasteiger partial charge in [0.25, 0.3) is 0 Å². The monoisotopic (exact) mass is 282 g/mol. The Morgan fingerprint density at radius 2 is 1.71 bits per heavy atom. The number of nitrogens with zero attached hydrogens (tertiary/aromatic N) is 2. The molecule has 1 aliphatic rings. The average molecular weight is 282 g/mol. The Bertz CT molecular complexity index is 578. The highest BCUT2D eigenvalue weighted by Gasteiger charge is 2.23. The molecule has 0 unspecified atom stereocenters. The number of pyridine rings is 1. The van der Waals surface area contributed by atoms with E-state index in [2.05, 4.69) is 17.1 Å². The smallest absolute Gasteiger partial charge is 0.357 e. The van der Waals surface area contributed by atoms with E-state index in [1.165, 1.54) is 5.56 Å². The molecule has 0 bridgehead atoms. The largest absolute Gasteiger partial charge is 0.364 e. The summed E-state index contributed by atoms with van der Waals surface area (Å²) in [4.78, 5) is 21.5. The maximum atomic E-state index is 12.0. The second-order valence-electron chi connectivity index (χ2n) is 5.23. The van der Waals surface area contributed by atoms with Crippen molar-refractivity contribution in [1.82, 2.24) is 10.0 Å². The fraction of sp³-hybridized carbons (Fsp3) is 0.294. The summed E-state index contributed by atoms with van der Waals surface area (Å²) >= 11 is 0. The second kappa shape index (κ2) is 6.50. The molecule has 1 saturated heterocycles. The van der Waals surface area contributed by atoms with Crippen molar-refractivity contribution in [2.45, 2.75) is 18.8 Å². The molecule has 0 amide bonds. The van der Waals surface area contributed by atoms with Gasteiger partial charge in [-0.05, 0) is 48.6 Å². The number of carbonyl (C=O) groups excluding carboxylic acids is 1. The summed E-state index contributed by atoms with van der Waals surface area (Å²) in [7, 11) is 0. The zero-order valence-corrected chi connectivity index (χ0v) is 11.8. The molecule has 1 aromatic carbocycles. The third-order valence-electron chi connectivity index (χ3n) is 3.85. The molecule has 0 N–H and O–H groups in total. The van der Waals surface area contributed by atoms with Gasteiger partial charge in [0, 0.05) is 25.5 Å². The minimum Gasteiger partial charge on any atom is -0.364 e. The van der Waals surface area contributed by atoms with Gasteiger partial charge in [-0.3, -0.25) is 4.98 Å². The lowest BCUT2D eigenvalue weighted by molar-refractivity contribution is -0.121. The van der Waals surface area contributed by atoms with E-state index >= 15 is 0 Å². The van der Waals surface area contributed by atoms with Crippen LogP contribution in [0, 0.1) is 0 Å². The molecular formula is C17H18N2O2. The van der Waals surface area contributed by atoms with Gasteiger partial charge in [0.1, 0.15) is 0 Å². The predicted octanol–water partition coefficient (Wildman–Crippen LogP) is 3.03. The first kappa shape index (κ1) is 13.8. The predicted molar refractivity (Wildman–Crippen MR) is 79.6 cm³/mol. The van der Waals surface area contributed by atoms with Crippen molar-refractivity contribution < 1.29 is 9.63 Å². The molecule has 1 aromatic heterocycles. The quantitative estimate of drug-likeness (QED) is 0.868.